The highest BCUT2D eigenvalue weighted by atomic mass is 19.1. The number of aryl methyl sites for hydroxylation is 1. The third-order valence-corrected chi connectivity index (χ3v) is 6.02. The first-order chi connectivity index (χ1) is 15.1. The average molecular weight is 424 g/mol. The number of rotatable bonds is 4. The van der Waals surface area contributed by atoms with Gasteiger partial charge < -0.3 is 10.6 Å². The number of halogens is 2. The van der Waals surface area contributed by atoms with Crippen LogP contribution in [-0.4, -0.2) is 45.7 Å². The molecule has 0 unspecified atom stereocenters. The molecular formula is C22H22F2N6O. The average Bonchev–Trinajstić information content (AvgIpc) is 3.23. The molecule has 3 heterocycles. The summed E-state index contributed by atoms with van der Waals surface area (Å²) in [5, 5.41) is 13.5. The van der Waals surface area contributed by atoms with Crippen molar-refractivity contribution < 1.29 is 13.6 Å². The molecule has 3 N–H and O–H groups in total. The van der Waals surface area contributed by atoms with Gasteiger partial charge in [0.2, 0.25) is 0 Å². The Morgan fingerprint density at radius 2 is 1.90 bits per heavy atom. The maximum atomic E-state index is 14.2. The van der Waals surface area contributed by atoms with Crippen molar-refractivity contribution in [2.45, 2.75) is 25.7 Å². The van der Waals surface area contributed by atoms with Crippen LogP contribution in [0.15, 0.2) is 24.4 Å². The number of piperidine rings is 1. The second-order valence-electron chi connectivity index (χ2n) is 7.99. The molecular weight excluding hydrogens is 402 g/mol. The molecule has 1 saturated heterocycles. The molecule has 7 nitrogen and oxygen atoms in total. The van der Waals surface area contributed by atoms with Gasteiger partial charge in [0.05, 0.1) is 11.3 Å². The van der Waals surface area contributed by atoms with Crippen molar-refractivity contribution >= 4 is 5.91 Å². The molecule has 5 rings (SSSR count). The molecule has 9 heteroatoms. The van der Waals surface area contributed by atoms with Crippen LogP contribution in [0.5, 0.6) is 0 Å². The Morgan fingerprint density at radius 1 is 1.13 bits per heavy atom. The van der Waals surface area contributed by atoms with Gasteiger partial charge in [-0.25, -0.2) is 18.7 Å². The van der Waals surface area contributed by atoms with Crippen molar-refractivity contribution in [3.8, 4) is 22.8 Å². The van der Waals surface area contributed by atoms with Gasteiger partial charge in [-0.3, -0.25) is 9.89 Å². The summed E-state index contributed by atoms with van der Waals surface area (Å²) >= 11 is 0. The number of amides is 1. The SMILES string of the molecule is O=C(NCC1CCNCC1)c1[nH]nc2c1CCc1cnc(-c3c(F)cccc3F)nc1-2. The molecule has 0 bridgehead atoms. The first-order valence-electron chi connectivity index (χ1n) is 10.5. The van der Waals surface area contributed by atoms with Crippen molar-refractivity contribution in [2.75, 3.05) is 19.6 Å². The number of fused-ring (bicyclic) bond motifs is 3. The van der Waals surface area contributed by atoms with Crippen LogP contribution < -0.4 is 10.6 Å². The number of carbonyl (C=O) groups excluding carboxylic acids is 1. The fourth-order valence-corrected chi connectivity index (χ4v) is 4.29. The van der Waals surface area contributed by atoms with Gasteiger partial charge in [0.15, 0.2) is 5.82 Å². The van der Waals surface area contributed by atoms with Gasteiger partial charge in [-0.1, -0.05) is 6.07 Å². The predicted molar refractivity (Wildman–Crippen MR) is 110 cm³/mol. The fraction of sp³-hybridized carbons (Fsp3) is 0.364. The lowest BCUT2D eigenvalue weighted by Gasteiger charge is -2.22. The van der Waals surface area contributed by atoms with E-state index in [9.17, 15) is 13.6 Å². The zero-order chi connectivity index (χ0) is 21.4. The topological polar surface area (TPSA) is 95.6 Å². The monoisotopic (exact) mass is 424 g/mol. The van der Waals surface area contributed by atoms with E-state index in [1.165, 1.54) is 18.2 Å². The van der Waals surface area contributed by atoms with E-state index in [4.69, 9.17) is 0 Å². The minimum absolute atomic E-state index is 0.0397. The van der Waals surface area contributed by atoms with Crippen LogP contribution in [0.2, 0.25) is 0 Å². The van der Waals surface area contributed by atoms with Crippen LogP contribution in [-0.2, 0) is 12.8 Å². The molecule has 160 valence electrons. The van der Waals surface area contributed by atoms with E-state index in [0.717, 1.165) is 37.1 Å². The Kier molecular flexibility index (Phi) is 5.19. The number of hydrogen-bond acceptors (Lipinski definition) is 5. The second-order valence-corrected chi connectivity index (χ2v) is 7.99. The van der Waals surface area contributed by atoms with Gasteiger partial charge in [-0.05, 0) is 62.4 Å². The summed E-state index contributed by atoms with van der Waals surface area (Å²) < 4.78 is 28.4. The summed E-state index contributed by atoms with van der Waals surface area (Å²) in [5.41, 5.74) is 2.80. The largest absolute Gasteiger partial charge is 0.350 e. The van der Waals surface area contributed by atoms with Crippen molar-refractivity contribution in [1.29, 1.82) is 0 Å². The number of hydrogen-bond donors (Lipinski definition) is 3. The van der Waals surface area contributed by atoms with Crippen LogP contribution in [0.1, 0.15) is 34.5 Å². The van der Waals surface area contributed by atoms with E-state index in [0.29, 0.717) is 42.4 Å². The molecule has 31 heavy (non-hydrogen) atoms. The Bertz CT molecular complexity index is 1120. The van der Waals surface area contributed by atoms with Crippen LogP contribution in [0, 0.1) is 17.6 Å². The number of nitrogens with one attached hydrogen (secondary N) is 3. The van der Waals surface area contributed by atoms with Crippen LogP contribution in [0.4, 0.5) is 8.78 Å². The van der Waals surface area contributed by atoms with Gasteiger partial charge in [0.1, 0.15) is 23.0 Å². The minimum atomic E-state index is -0.726. The molecule has 2 aliphatic rings. The van der Waals surface area contributed by atoms with E-state index < -0.39 is 11.6 Å². The van der Waals surface area contributed by atoms with E-state index in [-0.39, 0.29) is 17.3 Å². The van der Waals surface area contributed by atoms with E-state index in [1.807, 2.05) is 0 Å². The molecule has 0 spiro atoms. The third kappa shape index (κ3) is 3.69. The quantitative estimate of drug-likeness (QED) is 0.599. The highest BCUT2D eigenvalue weighted by Crippen LogP contribution is 2.34. The Morgan fingerprint density at radius 3 is 2.68 bits per heavy atom. The summed E-state index contributed by atoms with van der Waals surface area (Å²) in [6.45, 7) is 2.58. The first-order valence-corrected chi connectivity index (χ1v) is 10.5. The van der Waals surface area contributed by atoms with Gasteiger partial charge in [-0.15, -0.1) is 0 Å². The number of benzene rings is 1. The third-order valence-electron chi connectivity index (χ3n) is 6.02. The van der Waals surface area contributed by atoms with Gasteiger partial charge in [0.25, 0.3) is 5.91 Å². The van der Waals surface area contributed by atoms with Crippen molar-refractivity contribution in [2.24, 2.45) is 5.92 Å². The second kappa shape index (κ2) is 8.14. The van der Waals surface area contributed by atoms with Gasteiger partial charge in [-0.2, -0.15) is 5.10 Å². The highest BCUT2D eigenvalue weighted by molar-refractivity contribution is 5.95. The first kappa shape index (κ1) is 19.7. The van der Waals surface area contributed by atoms with Crippen molar-refractivity contribution in [3.63, 3.8) is 0 Å². The summed E-state index contributed by atoms with van der Waals surface area (Å²) in [4.78, 5) is 21.4. The standard InChI is InChI=1S/C22H22F2N6O/c23-15-2-1-3-16(24)17(15)21-26-11-13-4-5-14-19(18(13)28-21)29-30-20(14)22(31)27-10-12-6-8-25-9-7-12/h1-3,11-12,25H,4-10H2,(H,27,31)(H,29,30). The predicted octanol–water partition coefficient (Wildman–Crippen LogP) is 2.64. The maximum Gasteiger partial charge on any atom is 0.269 e. The molecule has 0 saturated carbocycles. The highest BCUT2D eigenvalue weighted by Gasteiger charge is 2.28. The molecule has 0 atom stereocenters. The zero-order valence-corrected chi connectivity index (χ0v) is 16.8. The van der Waals surface area contributed by atoms with Crippen molar-refractivity contribution in [1.82, 2.24) is 30.8 Å². The maximum absolute atomic E-state index is 14.2. The van der Waals surface area contributed by atoms with E-state index >= 15 is 0 Å². The lowest BCUT2D eigenvalue weighted by Crippen LogP contribution is -2.36. The smallest absolute Gasteiger partial charge is 0.269 e. The molecule has 1 aliphatic carbocycles. The van der Waals surface area contributed by atoms with Crippen LogP contribution in [0.3, 0.4) is 0 Å². The van der Waals surface area contributed by atoms with Crippen LogP contribution >= 0.6 is 0 Å². The zero-order valence-electron chi connectivity index (χ0n) is 16.8. The normalized spacial score (nSPS) is 15.9. The van der Waals surface area contributed by atoms with E-state index in [1.54, 1.807) is 6.20 Å². The molecule has 1 fully saturated rings. The molecule has 1 amide bonds. The Labute approximate surface area is 177 Å². The fourth-order valence-electron chi connectivity index (χ4n) is 4.29. The number of nitrogens with zero attached hydrogens (tertiary/aromatic N) is 3. The summed E-state index contributed by atoms with van der Waals surface area (Å²) in [7, 11) is 0. The molecule has 2 aromatic heterocycles. The summed E-state index contributed by atoms with van der Waals surface area (Å²) in [6.07, 6.45) is 4.91. The lowest BCUT2D eigenvalue weighted by atomic mass is 9.93. The molecule has 0 radical (unpaired) electrons. The number of aromatic amines is 1. The molecule has 1 aliphatic heterocycles. The lowest BCUT2D eigenvalue weighted by molar-refractivity contribution is 0.0938. The molecule has 3 aromatic rings. The van der Waals surface area contributed by atoms with Crippen molar-refractivity contribution in [3.05, 3.63) is 52.9 Å². The number of H-pyrrole nitrogens is 1. The summed E-state index contributed by atoms with van der Waals surface area (Å²) in [6, 6.07) is 3.64. The summed E-state index contributed by atoms with van der Waals surface area (Å²) in [5.74, 6) is -1.21. The van der Waals surface area contributed by atoms with Crippen LogP contribution in [0.25, 0.3) is 22.8 Å². The number of aromatic nitrogens is 4. The van der Waals surface area contributed by atoms with Gasteiger partial charge >= 0.3 is 0 Å². The minimum Gasteiger partial charge on any atom is -0.350 e. The van der Waals surface area contributed by atoms with E-state index in [2.05, 4.69) is 30.8 Å². The number of carbonyl (C=O) groups is 1. The Balaban J connectivity index is 1.43. The molecule has 1 aromatic carbocycles. The Hall–Kier alpha value is -3.20. The van der Waals surface area contributed by atoms with Gasteiger partial charge in [0, 0.05) is 18.3 Å².